The molecule has 2 N–H and O–H groups in total. The molecular weight excluding hydrogens is 363 g/mol. The second-order valence-electron chi connectivity index (χ2n) is 8.16. The van der Waals surface area contributed by atoms with E-state index in [-0.39, 0.29) is 29.7 Å². The monoisotopic (exact) mass is 388 g/mol. The third-order valence-electron chi connectivity index (χ3n) is 4.72. The van der Waals surface area contributed by atoms with E-state index >= 15 is 0 Å². The Kier molecular flexibility index (Phi) is 4.69. The SMILES string of the molecule is Cc1cc(-n2nc3c(c2N)[C@H](C)N(C(=O)OC(C)(C)C)CC3=O)cc(C)c1F. The van der Waals surface area contributed by atoms with Crippen molar-refractivity contribution in [2.75, 3.05) is 12.3 Å². The maximum atomic E-state index is 14.0. The van der Waals surface area contributed by atoms with Gasteiger partial charge < -0.3 is 10.5 Å². The van der Waals surface area contributed by atoms with Crippen molar-refractivity contribution in [1.29, 1.82) is 0 Å². The molecule has 2 heterocycles. The van der Waals surface area contributed by atoms with Gasteiger partial charge in [0.15, 0.2) is 0 Å². The largest absolute Gasteiger partial charge is 0.444 e. The highest BCUT2D eigenvalue weighted by molar-refractivity contribution is 6.01. The topological polar surface area (TPSA) is 90.5 Å². The molecule has 1 atom stereocenters. The highest BCUT2D eigenvalue weighted by Gasteiger charge is 2.39. The number of hydrogen-bond donors (Lipinski definition) is 1. The van der Waals surface area contributed by atoms with E-state index < -0.39 is 17.7 Å². The van der Waals surface area contributed by atoms with Crippen molar-refractivity contribution in [3.8, 4) is 5.69 Å². The molecule has 0 radical (unpaired) electrons. The smallest absolute Gasteiger partial charge is 0.411 e. The Balaban J connectivity index is 2.05. The van der Waals surface area contributed by atoms with Gasteiger partial charge in [-0.15, -0.1) is 0 Å². The van der Waals surface area contributed by atoms with Crippen LogP contribution in [0.25, 0.3) is 5.69 Å². The van der Waals surface area contributed by atoms with Crippen LogP contribution in [0, 0.1) is 19.7 Å². The predicted octanol–water partition coefficient (Wildman–Crippen LogP) is 3.70. The summed E-state index contributed by atoms with van der Waals surface area (Å²) in [4.78, 5) is 26.5. The van der Waals surface area contributed by atoms with E-state index in [1.54, 1.807) is 53.7 Å². The minimum Gasteiger partial charge on any atom is -0.444 e. The molecule has 0 aliphatic carbocycles. The minimum absolute atomic E-state index is 0.138. The second-order valence-corrected chi connectivity index (χ2v) is 8.16. The molecule has 3 rings (SSSR count). The number of amides is 1. The molecular formula is C20H25FN4O3. The molecule has 1 aliphatic rings. The summed E-state index contributed by atoms with van der Waals surface area (Å²) in [5, 5.41) is 4.37. The van der Waals surface area contributed by atoms with Crippen LogP contribution in [0.5, 0.6) is 0 Å². The summed E-state index contributed by atoms with van der Waals surface area (Å²) in [6.45, 7) is 10.2. The lowest BCUT2D eigenvalue weighted by Gasteiger charge is -2.33. The fraction of sp³-hybridized carbons (Fsp3) is 0.450. The molecule has 0 saturated carbocycles. The molecule has 0 fully saturated rings. The van der Waals surface area contributed by atoms with Crippen LogP contribution in [0.2, 0.25) is 0 Å². The van der Waals surface area contributed by atoms with Gasteiger partial charge in [0.1, 0.15) is 22.9 Å². The Bertz CT molecular complexity index is 952. The van der Waals surface area contributed by atoms with Gasteiger partial charge in [0.05, 0.1) is 18.3 Å². The van der Waals surface area contributed by atoms with Crippen molar-refractivity contribution in [2.45, 2.75) is 53.2 Å². The number of ketones is 1. The average Bonchev–Trinajstić information content (AvgIpc) is 2.92. The Morgan fingerprint density at radius 3 is 2.39 bits per heavy atom. The first kappa shape index (κ1) is 19.9. The number of benzene rings is 1. The summed E-state index contributed by atoms with van der Waals surface area (Å²) in [6, 6.07) is 2.76. The molecule has 1 aromatic heterocycles. The Hall–Kier alpha value is -2.90. The Labute approximate surface area is 163 Å². The number of rotatable bonds is 1. The molecule has 2 aromatic rings. The van der Waals surface area contributed by atoms with E-state index in [0.717, 1.165) is 0 Å². The van der Waals surface area contributed by atoms with Crippen molar-refractivity contribution >= 4 is 17.7 Å². The van der Waals surface area contributed by atoms with Crippen molar-refractivity contribution in [1.82, 2.24) is 14.7 Å². The van der Waals surface area contributed by atoms with E-state index in [1.807, 2.05) is 0 Å². The van der Waals surface area contributed by atoms with E-state index in [9.17, 15) is 14.0 Å². The van der Waals surface area contributed by atoms with Crippen LogP contribution in [0.15, 0.2) is 12.1 Å². The van der Waals surface area contributed by atoms with Crippen molar-refractivity contribution < 1.29 is 18.7 Å². The lowest BCUT2D eigenvalue weighted by Crippen LogP contribution is -2.44. The first-order valence-corrected chi connectivity index (χ1v) is 9.09. The van der Waals surface area contributed by atoms with Crippen molar-refractivity contribution in [3.63, 3.8) is 0 Å². The molecule has 28 heavy (non-hydrogen) atoms. The number of Topliss-reactive ketones (excluding diaryl/α,β-unsaturated/α-hetero) is 1. The fourth-order valence-electron chi connectivity index (χ4n) is 3.37. The lowest BCUT2D eigenvalue weighted by atomic mass is 9.99. The van der Waals surface area contributed by atoms with Crippen LogP contribution in [-0.4, -0.2) is 38.7 Å². The molecule has 0 spiro atoms. The van der Waals surface area contributed by atoms with Crippen molar-refractivity contribution in [3.05, 3.63) is 40.3 Å². The third-order valence-corrected chi connectivity index (χ3v) is 4.72. The summed E-state index contributed by atoms with van der Waals surface area (Å²) in [5.74, 6) is -0.366. The van der Waals surface area contributed by atoms with Gasteiger partial charge in [-0.05, 0) is 64.8 Å². The van der Waals surface area contributed by atoms with Gasteiger partial charge in [-0.3, -0.25) is 9.69 Å². The van der Waals surface area contributed by atoms with Gasteiger partial charge in [0.25, 0.3) is 0 Å². The van der Waals surface area contributed by atoms with Crippen LogP contribution in [0.4, 0.5) is 15.0 Å². The van der Waals surface area contributed by atoms with E-state index in [2.05, 4.69) is 5.10 Å². The number of nitrogens with two attached hydrogens (primary N) is 1. The summed E-state index contributed by atoms with van der Waals surface area (Å²) < 4.78 is 20.8. The van der Waals surface area contributed by atoms with Crippen molar-refractivity contribution in [2.24, 2.45) is 0 Å². The molecule has 0 unspecified atom stereocenters. The van der Waals surface area contributed by atoms with E-state index in [1.165, 1.54) is 9.58 Å². The number of hydrogen-bond acceptors (Lipinski definition) is 5. The Morgan fingerprint density at radius 1 is 1.29 bits per heavy atom. The molecule has 1 amide bonds. The number of aromatic nitrogens is 2. The highest BCUT2D eigenvalue weighted by Crippen LogP contribution is 2.36. The molecule has 0 saturated heterocycles. The second kappa shape index (κ2) is 6.61. The standard InChI is InChI=1S/C20H25FN4O3/c1-10-7-13(8-11(2)16(10)21)25-18(22)15-12(3)24(9-14(26)17(15)23-25)19(27)28-20(4,5)6/h7-8,12H,9,22H2,1-6H3/t12-/m0/s1. The number of anilines is 1. The number of nitrogens with zero attached hydrogens (tertiary/aromatic N) is 3. The van der Waals surface area contributed by atoms with Gasteiger partial charge in [-0.2, -0.15) is 5.10 Å². The summed E-state index contributed by atoms with van der Waals surface area (Å²) in [7, 11) is 0. The first-order chi connectivity index (χ1) is 12.9. The lowest BCUT2D eigenvalue weighted by molar-refractivity contribution is 0.0159. The van der Waals surface area contributed by atoms with E-state index in [0.29, 0.717) is 22.4 Å². The molecule has 8 heteroatoms. The van der Waals surface area contributed by atoms with Gasteiger partial charge in [-0.1, -0.05) is 0 Å². The molecule has 7 nitrogen and oxygen atoms in total. The number of halogens is 1. The van der Waals surface area contributed by atoms with Crippen LogP contribution in [0.3, 0.4) is 0 Å². The number of fused-ring (bicyclic) bond motifs is 1. The quantitative estimate of drug-likeness (QED) is 0.804. The van der Waals surface area contributed by atoms with Crippen LogP contribution in [0.1, 0.15) is 60.9 Å². The highest BCUT2D eigenvalue weighted by atomic mass is 19.1. The summed E-state index contributed by atoms with van der Waals surface area (Å²) in [5.41, 5.74) is 7.81. The first-order valence-electron chi connectivity index (χ1n) is 9.09. The number of carbonyl (C=O) groups excluding carboxylic acids is 2. The zero-order valence-electron chi connectivity index (χ0n) is 17.0. The third kappa shape index (κ3) is 3.34. The zero-order valence-corrected chi connectivity index (χ0v) is 17.0. The average molecular weight is 388 g/mol. The summed E-state index contributed by atoms with van der Waals surface area (Å²) >= 11 is 0. The molecule has 1 aliphatic heterocycles. The number of carbonyl (C=O) groups is 2. The zero-order chi connectivity index (χ0) is 21.0. The molecule has 0 bridgehead atoms. The molecule has 150 valence electrons. The number of aryl methyl sites for hydroxylation is 2. The fourth-order valence-corrected chi connectivity index (χ4v) is 3.37. The number of nitrogen functional groups attached to an aromatic ring is 1. The predicted molar refractivity (Wildman–Crippen MR) is 103 cm³/mol. The van der Waals surface area contributed by atoms with Gasteiger partial charge in [0, 0.05) is 5.56 Å². The maximum absolute atomic E-state index is 14.0. The summed E-state index contributed by atoms with van der Waals surface area (Å²) in [6.07, 6.45) is -0.584. The maximum Gasteiger partial charge on any atom is 0.411 e. The van der Waals surface area contributed by atoms with Crippen LogP contribution >= 0.6 is 0 Å². The minimum atomic E-state index is -0.682. The normalized spacial score (nSPS) is 16.9. The van der Waals surface area contributed by atoms with Gasteiger partial charge in [-0.25, -0.2) is 13.9 Å². The van der Waals surface area contributed by atoms with E-state index in [4.69, 9.17) is 10.5 Å². The molecule has 1 aromatic carbocycles. The number of ether oxygens (including phenoxy) is 1. The Morgan fingerprint density at radius 2 is 1.86 bits per heavy atom. The van der Waals surface area contributed by atoms with Crippen LogP contribution < -0.4 is 5.73 Å². The van der Waals surface area contributed by atoms with Gasteiger partial charge >= 0.3 is 6.09 Å². The van der Waals surface area contributed by atoms with Crippen LogP contribution in [-0.2, 0) is 4.74 Å². The van der Waals surface area contributed by atoms with Gasteiger partial charge in [0.2, 0.25) is 5.78 Å².